The molecule has 0 atom stereocenters. The molecule has 0 unspecified atom stereocenters. The lowest BCUT2D eigenvalue weighted by atomic mass is 9.87. The first-order valence-electron chi connectivity index (χ1n) is 12.5. The van der Waals surface area contributed by atoms with Crippen molar-refractivity contribution in [2.75, 3.05) is 0 Å². The molecule has 1 aliphatic carbocycles. The molecule has 0 radical (unpaired) electrons. The normalized spacial score (nSPS) is 11.9. The van der Waals surface area contributed by atoms with E-state index in [0.717, 1.165) is 0 Å². The molecular weight excluding hydrogens is 432 g/mol. The highest BCUT2D eigenvalue weighted by molar-refractivity contribution is 6.29. The Hall–Kier alpha value is -4.68. The Morgan fingerprint density at radius 1 is 0.306 bits per heavy atom. The SMILES string of the molecule is c1ccc(-c2ccc(-c3ccccc3)c3c2-c2cccc4c2c-3cc2c3ccccc3ccc42)cc1. The number of hydrogen-bond acceptors (Lipinski definition) is 0. The summed E-state index contributed by atoms with van der Waals surface area (Å²) in [6.45, 7) is 0. The van der Waals surface area contributed by atoms with Crippen molar-refractivity contribution in [3.05, 3.63) is 133 Å². The minimum Gasteiger partial charge on any atom is -0.0622 e. The van der Waals surface area contributed by atoms with Crippen LogP contribution in [0, 0.1) is 0 Å². The smallest absolute Gasteiger partial charge is 0.00137 e. The van der Waals surface area contributed by atoms with Crippen molar-refractivity contribution >= 4 is 32.3 Å². The summed E-state index contributed by atoms with van der Waals surface area (Å²) in [6.07, 6.45) is 0. The van der Waals surface area contributed by atoms with Crippen molar-refractivity contribution in [1.29, 1.82) is 0 Å². The Morgan fingerprint density at radius 3 is 1.64 bits per heavy atom. The van der Waals surface area contributed by atoms with Crippen molar-refractivity contribution in [3.8, 4) is 44.5 Å². The van der Waals surface area contributed by atoms with Crippen LogP contribution in [-0.4, -0.2) is 0 Å². The van der Waals surface area contributed by atoms with Crippen LogP contribution >= 0.6 is 0 Å². The maximum Gasteiger partial charge on any atom is -0.00137 e. The quantitative estimate of drug-likeness (QED) is 0.228. The molecule has 0 aromatic heterocycles. The topological polar surface area (TPSA) is 0 Å². The van der Waals surface area contributed by atoms with E-state index in [1.807, 2.05) is 0 Å². The molecule has 0 fully saturated rings. The van der Waals surface area contributed by atoms with Crippen LogP contribution < -0.4 is 0 Å². The molecule has 7 aromatic carbocycles. The fourth-order valence-corrected chi connectivity index (χ4v) is 6.25. The van der Waals surface area contributed by atoms with Gasteiger partial charge in [0, 0.05) is 0 Å². The van der Waals surface area contributed by atoms with Gasteiger partial charge in [-0.1, -0.05) is 127 Å². The predicted octanol–water partition coefficient (Wildman–Crippen LogP) is 10.1. The average molecular weight is 455 g/mol. The lowest BCUT2D eigenvalue weighted by Crippen LogP contribution is -1.89. The van der Waals surface area contributed by atoms with Gasteiger partial charge in [-0.3, -0.25) is 0 Å². The zero-order chi connectivity index (χ0) is 23.6. The van der Waals surface area contributed by atoms with Gasteiger partial charge in [0.15, 0.2) is 0 Å². The van der Waals surface area contributed by atoms with Crippen molar-refractivity contribution in [3.63, 3.8) is 0 Å². The van der Waals surface area contributed by atoms with Crippen LogP contribution in [0.2, 0.25) is 0 Å². The van der Waals surface area contributed by atoms with Crippen LogP contribution in [0.25, 0.3) is 76.8 Å². The molecule has 0 heterocycles. The van der Waals surface area contributed by atoms with Gasteiger partial charge in [0.25, 0.3) is 0 Å². The summed E-state index contributed by atoms with van der Waals surface area (Å²) in [4.78, 5) is 0. The van der Waals surface area contributed by atoms with E-state index in [4.69, 9.17) is 0 Å². The van der Waals surface area contributed by atoms with Gasteiger partial charge < -0.3 is 0 Å². The van der Waals surface area contributed by atoms with E-state index in [9.17, 15) is 0 Å². The minimum absolute atomic E-state index is 1.26. The second kappa shape index (κ2) is 7.41. The van der Waals surface area contributed by atoms with Crippen LogP contribution in [-0.2, 0) is 0 Å². The Balaban J connectivity index is 1.58. The fraction of sp³-hybridized carbons (Fsp3) is 0. The van der Waals surface area contributed by atoms with E-state index < -0.39 is 0 Å². The number of rotatable bonds is 2. The molecule has 8 rings (SSSR count). The second-order valence-electron chi connectivity index (χ2n) is 9.68. The first-order valence-corrected chi connectivity index (χ1v) is 12.5. The molecule has 0 N–H and O–H groups in total. The molecule has 0 nitrogen and oxygen atoms in total. The van der Waals surface area contributed by atoms with Gasteiger partial charge >= 0.3 is 0 Å². The molecule has 0 bridgehead atoms. The molecule has 166 valence electrons. The number of benzene rings is 7. The summed E-state index contributed by atoms with van der Waals surface area (Å²) in [5.41, 5.74) is 10.5. The van der Waals surface area contributed by atoms with E-state index >= 15 is 0 Å². The second-order valence-corrected chi connectivity index (χ2v) is 9.68. The standard InChI is InChI=1S/C36H22/c1-3-10-23(11-4-1)27-20-21-28(24-12-5-2-6-13-24)36-33-22-32-26-15-8-7-14-25(26)18-19-29(32)30-16-9-17-31(34(30)33)35(27)36/h1-22H. The monoisotopic (exact) mass is 454 g/mol. The van der Waals surface area contributed by atoms with Gasteiger partial charge in [0.1, 0.15) is 0 Å². The molecule has 0 amide bonds. The lowest BCUT2D eigenvalue weighted by Gasteiger charge is -2.16. The number of fused-ring (bicyclic) bond motifs is 7. The average Bonchev–Trinajstić information content (AvgIpc) is 3.29. The molecular formula is C36H22. The van der Waals surface area contributed by atoms with Crippen molar-refractivity contribution in [2.45, 2.75) is 0 Å². The van der Waals surface area contributed by atoms with Gasteiger partial charge in [-0.2, -0.15) is 0 Å². The van der Waals surface area contributed by atoms with E-state index in [2.05, 4.69) is 133 Å². The maximum absolute atomic E-state index is 2.45. The Morgan fingerprint density at radius 2 is 0.917 bits per heavy atom. The summed E-state index contributed by atoms with van der Waals surface area (Å²) in [5, 5.41) is 7.95. The number of hydrogen-bond donors (Lipinski definition) is 0. The van der Waals surface area contributed by atoms with Gasteiger partial charge in [0.2, 0.25) is 0 Å². The van der Waals surface area contributed by atoms with Gasteiger partial charge in [-0.05, 0) is 82.9 Å². The molecule has 1 aliphatic rings. The van der Waals surface area contributed by atoms with Crippen molar-refractivity contribution < 1.29 is 0 Å². The van der Waals surface area contributed by atoms with Gasteiger partial charge in [0.05, 0.1) is 0 Å². The Bertz CT molecular complexity index is 1960. The van der Waals surface area contributed by atoms with Crippen LogP contribution in [0.15, 0.2) is 133 Å². The van der Waals surface area contributed by atoms with E-state index in [1.54, 1.807) is 0 Å². The zero-order valence-electron chi connectivity index (χ0n) is 19.7. The first kappa shape index (κ1) is 19.6. The van der Waals surface area contributed by atoms with Crippen LogP contribution in [0.5, 0.6) is 0 Å². The molecule has 0 aliphatic heterocycles. The van der Waals surface area contributed by atoms with E-state index in [0.29, 0.717) is 0 Å². The highest BCUT2D eigenvalue weighted by Crippen LogP contribution is 2.56. The minimum atomic E-state index is 1.26. The summed E-state index contributed by atoms with van der Waals surface area (Å²) >= 11 is 0. The molecule has 0 saturated carbocycles. The third kappa shape index (κ3) is 2.64. The maximum atomic E-state index is 2.45. The van der Waals surface area contributed by atoms with Crippen molar-refractivity contribution in [1.82, 2.24) is 0 Å². The Labute approximate surface area is 210 Å². The molecule has 0 heteroatoms. The summed E-state index contributed by atoms with van der Waals surface area (Å²) in [7, 11) is 0. The predicted molar refractivity (Wildman–Crippen MR) is 154 cm³/mol. The fourth-order valence-electron chi connectivity index (χ4n) is 6.25. The van der Waals surface area contributed by atoms with Crippen molar-refractivity contribution in [2.24, 2.45) is 0 Å². The van der Waals surface area contributed by atoms with E-state index in [-0.39, 0.29) is 0 Å². The lowest BCUT2D eigenvalue weighted by molar-refractivity contribution is 1.59. The molecule has 0 saturated heterocycles. The van der Waals surface area contributed by atoms with E-state index in [1.165, 1.54) is 76.8 Å². The van der Waals surface area contributed by atoms with Crippen LogP contribution in [0.3, 0.4) is 0 Å². The summed E-state index contributed by atoms with van der Waals surface area (Å²) < 4.78 is 0. The zero-order valence-corrected chi connectivity index (χ0v) is 19.7. The van der Waals surface area contributed by atoms with Crippen LogP contribution in [0.1, 0.15) is 0 Å². The third-order valence-corrected chi connectivity index (χ3v) is 7.80. The Kier molecular flexibility index (Phi) is 4.03. The highest BCUT2D eigenvalue weighted by atomic mass is 14.3. The summed E-state index contributed by atoms with van der Waals surface area (Å²) in [6, 6.07) is 48.9. The molecule has 7 aromatic rings. The highest BCUT2D eigenvalue weighted by Gasteiger charge is 2.28. The van der Waals surface area contributed by atoms with Gasteiger partial charge in [-0.15, -0.1) is 0 Å². The summed E-state index contributed by atoms with van der Waals surface area (Å²) in [5.74, 6) is 0. The molecule has 36 heavy (non-hydrogen) atoms. The molecule has 0 spiro atoms. The first-order chi connectivity index (χ1) is 17.9. The van der Waals surface area contributed by atoms with Gasteiger partial charge in [-0.25, -0.2) is 0 Å². The third-order valence-electron chi connectivity index (χ3n) is 7.80. The largest absolute Gasteiger partial charge is 0.0622 e. The van der Waals surface area contributed by atoms with Crippen LogP contribution in [0.4, 0.5) is 0 Å².